The van der Waals surface area contributed by atoms with Gasteiger partial charge in [0.15, 0.2) is 0 Å². The molecule has 0 aliphatic carbocycles. The molecule has 0 bridgehead atoms. The summed E-state index contributed by atoms with van der Waals surface area (Å²) in [7, 11) is 0. The molecule has 124 valence electrons. The first-order valence-corrected chi connectivity index (χ1v) is 8.52. The van der Waals surface area contributed by atoms with Gasteiger partial charge in [-0.05, 0) is 30.3 Å². The summed E-state index contributed by atoms with van der Waals surface area (Å²) in [6, 6.07) is 26.7. The molecule has 4 nitrogen and oxygen atoms in total. The van der Waals surface area contributed by atoms with Gasteiger partial charge in [0.25, 0.3) is 0 Å². The number of benzene rings is 2. The van der Waals surface area contributed by atoms with Crippen molar-refractivity contribution >= 4 is 5.65 Å². The van der Waals surface area contributed by atoms with E-state index in [9.17, 15) is 0 Å². The van der Waals surface area contributed by atoms with E-state index < -0.39 is 0 Å². The third kappa shape index (κ3) is 2.40. The van der Waals surface area contributed by atoms with Crippen LogP contribution in [0.25, 0.3) is 33.8 Å². The number of hydrogen-bond acceptors (Lipinski definition) is 2. The van der Waals surface area contributed by atoms with Gasteiger partial charge in [0.1, 0.15) is 5.65 Å². The summed E-state index contributed by atoms with van der Waals surface area (Å²) >= 11 is 0. The summed E-state index contributed by atoms with van der Waals surface area (Å²) in [5.74, 6) is 0. The number of para-hydroxylation sites is 1. The van der Waals surface area contributed by atoms with Crippen molar-refractivity contribution in [3.8, 4) is 28.2 Å². The number of hydrogen-bond donors (Lipinski definition) is 0. The Bertz CT molecular complexity index is 1170. The van der Waals surface area contributed by atoms with Crippen LogP contribution in [-0.4, -0.2) is 19.2 Å². The van der Waals surface area contributed by atoms with Crippen molar-refractivity contribution in [1.82, 2.24) is 19.2 Å². The molecular weight excluding hydrogens is 320 g/mol. The van der Waals surface area contributed by atoms with E-state index in [1.807, 2.05) is 65.6 Å². The summed E-state index contributed by atoms with van der Waals surface area (Å²) in [4.78, 5) is 4.54. The number of aromatic nitrogens is 4. The second-order valence-corrected chi connectivity index (χ2v) is 6.12. The third-order valence-corrected chi connectivity index (χ3v) is 4.51. The molecule has 3 aromatic heterocycles. The van der Waals surface area contributed by atoms with Crippen molar-refractivity contribution in [3.05, 3.63) is 97.5 Å². The molecule has 5 aromatic rings. The van der Waals surface area contributed by atoms with Crippen LogP contribution in [0.1, 0.15) is 0 Å². The van der Waals surface area contributed by atoms with E-state index >= 15 is 0 Å². The predicted octanol–water partition coefficient (Wildman–Crippen LogP) is 4.85. The zero-order valence-corrected chi connectivity index (χ0v) is 14.0. The van der Waals surface area contributed by atoms with E-state index in [2.05, 4.69) is 51.0 Å². The van der Waals surface area contributed by atoms with Crippen LogP contribution in [0.3, 0.4) is 0 Å². The Morgan fingerprint density at radius 1 is 0.654 bits per heavy atom. The van der Waals surface area contributed by atoms with E-state index in [-0.39, 0.29) is 0 Å². The zero-order valence-electron chi connectivity index (χ0n) is 14.0. The highest BCUT2D eigenvalue weighted by Gasteiger charge is 2.11. The normalized spacial score (nSPS) is 11.1. The fourth-order valence-electron chi connectivity index (χ4n) is 3.25. The molecule has 0 spiro atoms. The lowest BCUT2D eigenvalue weighted by Crippen LogP contribution is -1.99. The molecule has 2 aromatic carbocycles. The highest BCUT2D eigenvalue weighted by Crippen LogP contribution is 2.26. The molecule has 0 fully saturated rings. The van der Waals surface area contributed by atoms with Crippen molar-refractivity contribution in [2.75, 3.05) is 0 Å². The fourth-order valence-corrected chi connectivity index (χ4v) is 3.25. The van der Waals surface area contributed by atoms with E-state index in [4.69, 9.17) is 0 Å². The second kappa shape index (κ2) is 6.01. The van der Waals surface area contributed by atoms with Crippen molar-refractivity contribution in [2.24, 2.45) is 0 Å². The lowest BCUT2D eigenvalue weighted by molar-refractivity contribution is 0.887. The number of fused-ring (bicyclic) bond motifs is 1. The smallest absolute Gasteiger partial charge is 0.137 e. The van der Waals surface area contributed by atoms with Crippen molar-refractivity contribution in [1.29, 1.82) is 0 Å². The largest absolute Gasteiger partial charge is 0.299 e. The minimum absolute atomic E-state index is 0.929. The van der Waals surface area contributed by atoms with Gasteiger partial charge in [-0.2, -0.15) is 5.10 Å². The third-order valence-electron chi connectivity index (χ3n) is 4.51. The van der Waals surface area contributed by atoms with Crippen molar-refractivity contribution in [2.45, 2.75) is 0 Å². The lowest BCUT2D eigenvalue weighted by atomic mass is 10.1. The van der Waals surface area contributed by atoms with Gasteiger partial charge in [0.05, 0.1) is 29.5 Å². The topological polar surface area (TPSA) is 35.1 Å². The molecule has 0 aliphatic heterocycles. The van der Waals surface area contributed by atoms with E-state index in [1.54, 1.807) is 0 Å². The fraction of sp³-hybridized carbons (Fsp3) is 0. The van der Waals surface area contributed by atoms with Gasteiger partial charge in [0.2, 0.25) is 0 Å². The maximum atomic E-state index is 4.54. The maximum absolute atomic E-state index is 4.54. The molecule has 4 heteroatoms. The summed E-state index contributed by atoms with van der Waals surface area (Å²) < 4.78 is 4.09. The van der Waals surface area contributed by atoms with E-state index in [0.29, 0.717) is 0 Å². The van der Waals surface area contributed by atoms with E-state index in [1.165, 1.54) is 0 Å². The minimum Gasteiger partial charge on any atom is -0.299 e. The van der Waals surface area contributed by atoms with Crippen LogP contribution in [0.5, 0.6) is 0 Å². The van der Waals surface area contributed by atoms with Gasteiger partial charge in [-0.15, -0.1) is 0 Å². The van der Waals surface area contributed by atoms with Gasteiger partial charge in [-0.1, -0.05) is 48.5 Å². The molecule has 0 aliphatic rings. The van der Waals surface area contributed by atoms with Crippen LogP contribution < -0.4 is 0 Å². The Kier molecular flexibility index (Phi) is 3.39. The first-order valence-electron chi connectivity index (χ1n) is 8.52. The highest BCUT2D eigenvalue weighted by atomic mass is 15.3. The minimum atomic E-state index is 0.929. The van der Waals surface area contributed by atoms with Gasteiger partial charge in [-0.3, -0.25) is 4.40 Å². The molecule has 3 heterocycles. The lowest BCUT2D eigenvalue weighted by Gasteiger charge is -2.09. The van der Waals surface area contributed by atoms with Crippen LogP contribution in [0.4, 0.5) is 0 Å². The Balaban J connectivity index is 1.67. The number of imidazole rings is 1. The van der Waals surface area contributed by atoms with Crippen LogP contribution in [-0.2, 0) is 0 Å². The average Bonchev–Trinajstić information content (AvgIpc) is 3.36. The molecule has 0 saturated heterocycles. The zero-order chi connectivity index (χ0) is 17.3. The molecular formula is C22H16N4. The molecule has 0 unspecified atom stereocenters. The Morgan fingerprint density at radius 3 is 2.23 bits per heavy atom. The predicted molar refractivity (Wildman–Crippen MR) is 103 cm³/mol. The second-order valence-electron chi connectivity index (χ2n) is 6.12. The van der Waals surface area contributed by atoms with Gasteiger partial charge in [-0.25, -0.2) is 9.67 Å². The molecule has 0 amide bonds. The molecule has 26 heavy (non-hydrogen) atoms. The van der Waals surface area contributed by atoms with Crippen molar-refractivity contribution < 1.29 is 0 Å². The van der Waals surface area contributed by atoms with Crippen LogP contribution in [0.2, 0.25) is 0 Å². The molecule has 0 N–H and O–H groups in total. The quantitative estimate of drug-likeness (QED) is 0.472. The summed E-state index contributed by atoms with van der Waals surface area (Å²) in [5.41, 5.74) is 6.33. The number of rotatable bonds is 3. The number of nitrogens with zero attached hydrogens (tertiary/aromatic N) is 4. The maximum Gasteiger partial charge on any atom is 0.137 e. The van der Waals surface area contributed by atoms with Crippen LogP contribution >= 0.6 is 0 Å². The summed E-state index contributed by atoms with van der Waals surface area (Å²) in [6.07, 6.45) is 5.88. The number of pyridine rings is 1. The highest BCUT2D eigenvalue weighted by molar-refractivity contribution is 5.68. The molecule has 5 rings (SSSR count). The van der Waals surface area contributed by atoms with Crippen molar-refractivity contribution in [3.63, 3.8) is 0 Å². The van der Waals surface area contributed by atoms with Crippen LogP contribution in [0, 0.1) is 0 Å². The Hall–Kier alpha value is -3.66. The summed E-state index contributed by atoms with van der Waals surface area (Å²) in [6.45, 7) is 0. The average molecular weight is 336 g/mol. The monoisotopic (exact) mass is 336 g/mol. The summed E-state index contributed by atoms with van der Waals surface area (Å²) in [5, 5.41) is 4.50. The van der Waals surface area contributed by atoms with Crippen LogP contribution in [0.15, 0.2) is 97.5 Å². The van der Waals surface area contributed by atoms with Gasteiger partial charge >= 0.3 is 0 Å². The molecule has 0 radical (unpaired) electrons. The Morgan fingerprint density at radius 2 is 1.42 bits per heavy atom. The Labute approximate surface area is 151 Å². The first kappa shape index (κ1) is 14.7. The SMILES string of the molecule is c1ccc(-c2cnc3ccc(-c4ccnn4-c4ccccc4)cn23)cc1. The standard InChI is InChI=1S/C22H16N4/c1-3-7-17(8-4-1)21-15-23-22-12-11-18(16-25(21)22)20-13-14-24-26(20)19-9-5-2-6-10-19/h1-16H. The first-order chi connectivity index (χ1) is 12.9. The molecule has 0 atom stereocenters. The van der Waals surface area contributed by atoms with Gasteiger partial charge < -0.3 is 0 Å². The van der Waals surface area contributed by atoms with Gasteiger partial charge in [0, 0.05) is 17.3 Å². The van der Waals surface area contributed by atoms with E-state index in [0.717, 1.165) is 33.8 Å². The molecule has 0 saturated carbocycles.